The van der Waals surface area contributed by atoms with Gasteiger partial charge < -0.3 is 4.74 Å². The lowest BCUT2D eigenvalue weighted by Crippen LogP contribution is -2.27. The standard InChI is InChI=1S/C11H22Br2O/c1-10(2)7-11(8-12,9-13)5-4-6-14-3/h10H,4-9H2,1-3H3. The van der Waals surface area contributed by atoms with Crippen LogP contribution in [0, 0.1) is 11.3 Å². The first-order valence-electron chi connectivity index (χ1n) is 5.21. The van der Waals surface area contributed by atoms with Gasteiger partial charge in [-0.2, -0.15) is 0 Å². The average molecular weight is 330 g/mol. The summed E-state index contributed by atoms with van der Waals surface area (Å²) >= 11 is 7.29. The van der Waals surface area contributed by atoms with Crippen LogP contribution in [-0.2, 0) is 4.74 Å². The van der Waals surface area contributed by atoms with Gasteiger partial charge in [0, 0.05) is 24.4 Å². The molecule has 0 atom stereocenters. The second kappa shape index (κ2) is 8.12. The molecule has 0 rings (SSSR count). The van der Waals surface area contributed by atoms with Crippen LogP contribution in [0.1, 0.15) is 33.1 Å². The minimum absolute atomic E-state index is 0.409. The second-order valence-corrected chi connectivity index (χ2v) is 5.58. The minimum atomic E-state index is 0.409. The Morgan fingerprint density at radius 3 is 2.14 bits per heavy atom. The van der Waals surface area contributed by atoms with E-state index >= 15 is 0 Å². The first-order chi connectivity index (χ1) is 6.60. The third kappa shape index (κ3) is 5.72. The van der Waals surface area contributed by atoms with Crippen molar-refractivity contribution in [3.05, 3.63) is 0 Å². The van der Waals surface area contributed by atoms with E-state index in [1.807, 2.05) is 0 Å². The number of ether oxygens (including phenoxy) is 1. The van der Waals surface area contributed by atoms with Crippen molar-refractivity contribution < 1.29 is 4.74 Å². The Labute approximate surface area is 105 Å². The van der Waals surface area contributed by atoms with Crippen LogP contribution < -0.4 is 0 Å². The van der Waals surface area contributed by atoms with E-state index in [4.69, 9.17) is 4.74 Å². The van der Waals surface area contributed by atoms with E-state index in [1.54, 1.807) is 7.11 Å². The van der Waals surface area contributed by atoms with Crippen LogP contribution in [0.3, 0.4) is 0 Å². The quantitative estimate of drug-likeness (QED) is 0.478. The Kier molecular flexibility index (Phi) is 8.65. The molecule has 0 radical (unpaired) electrons. The molecule has 0 aromatic heterocycles. The Bertz CT molecular complexity index is 133. The lowest BCUT2D eigenvalue weighted by atomic mass is 9.80. The molecule has 0 heterocycles. The topological polar surface area (TPSA) is 9.23 Å². The molecule has 3 heteroatoms. The third-order valence-corrected chi connectivity index (χ3v) is 4.84. The zero-order chi connectivity index (χ0) is 11.0. The van der Waals surface area contributed by atoms with Gasteiger partial charge >= 0.3 is 0 Å². The highest BCUT2D eigenvalue weighted by Crippen LogP contribution is 2.35. The van der Waals surface area contributed by atoms with E-state index in [1.165, 1.54) is 12.8 Å². The molecule has 0 unspecified atom stereocenters. The van der Waals surface area contributed by atoms with Gasteiger partial charge in [-0.25, -0.2) is 0 Å². The maximum absolute atomic E-state index is 5.10. The fourth-order valence-corrected chi connectivity index (χ4v) is 3.79. The summed E-state index contributed by atoms with van der Waals surface area (Å²) in [6.07, 6.45) is 3.66. The van der Waals surface area contributed by atoms with Crippen LogP contribution in [0.2, 0.25) is 0 Å². The van der Waals surface area contributed by atoms with Gasteiger partial charge in [0.05, 0.1) is 0 Å². The van der Waals surface area contributed by atoms with E-state index in [9.17, 15) is 0 Å². The van der Waals surface area contributed by atoms with Crippen LogP contribution in [-0.4, -0.2) is 24.4 Å². The summed E-state index contributed by atoms with van der Waals surface area (Å²) in [7, 11) is 1.77. The van der Waals surface area contributed by atoms with Gasteiger partial charge in [-0.15, -0.1) is 0 Å². The van der Waals surface area contributed by atoms with Crippen molar-refractivity contribution >= 4 is 31.9 Å². The van der Waals surface area contributed by atoms with Crippen molar-refractivity contribution in [2.75, 3.05) is 24.4 Å². The van der Waals surface area contributed by atoms with Gasteiger partial charge in [-0.3, -0.25) is 0 Å². The maximum Gasteiger partial charge on any atom is 0.0462 e. The molecule has 0 amide bonds. The van der Waals surface area contributed by atoms with Crippen LogP contribution in [0.4, 0.5) is 0 Å². The summed E-state index contributed by atoms with van der Waals surface area (Å²) in [5.41, 5.74) is 0.409. The summed E-state index contributed by atoms with van der Waals surface area (Å²) in [6.45, 7) is 5.45. The van der Waals surface area contributed by atoms with Gasteiger partial charge in [-0.05, 0) is 30.6 Å². The number of halogens is 2. The van der Waals surface area contributed by atoms with Crippen molar-refractivity contribution in [1.82, 2.24) is 0 Å². The Morgan fingerprint density at radius 2 is 1.79 bits per heavy atom. The number of methoxy groups -OCH3 is 1. The van der Waals surface area contributed by atoms with Gasteiger partial charge in [-0.1, -0.05) is 45.7 Å². The normalized spacial score (nSPS) is 12.4. The Morgan fingerprint density at radius 1 is 1.21 bits per heavy atom. The summed E-state index contributed by atoms with van der Waals surface area (Å²) in [5, 5.41) is 2.15. The molecule has 0 aliphatic carbocycles. The lowest BCUT2D eigenvalue weighted by Gasteiger charge is -2.31. The molecular weight excluding hydrogens is 308 g/mol. The van der Waals surface area contributed by atoms with E-state index in [2.05, 4.69) is 45.7 Å². The minimum Gasteiger partial charge on any atom is -0.385 e. The molecule has 0 saturated carbocycles. The second-order valence-electron chi connectivity index (χ2n) is 4.46. The van der Waals surface area contributed by atoms with Gasteiger partial charge in [0.15, 0.2) is 0 Å². The van der Waals surface area contributed by atoms with E-state index in [0.29, 0.717) is 5.41 Å². The fraction of sp³-hybridized carbons (Fsp3) is 1.00. The predicted octanol–water partition coefficient (Wildman–Crippen LogP) is 4.24. The molecule has 0 aromatic rings. The van der Waals surface area contributed by atoms with E-state index in [0.717, 1.165) is 29.6 Å². The number of hydrogen-bond acceptors (Lipinski definition) is 1. The molecule has 0 fully saturated rings. The molecule has 0 aromatic carbocycles. The van der Waals surface area contributed by atoms with Crippen molar-refractivity contribution in [2.24, 2.45) is 11.3 Å². The third-order valence-electron chi connectivity index (χ3n) is 2.46. The average Bonchev–Trinajstić information content (AvgIpc) is 2.16. The van der Waals surface area contributed by atoms with Crippen LogP contribution in [0.5, 0.6) is 0 Å². The highest BCUT2D eigenvalue weighted by molar-refractivity contribution is 9.09. The Hall–Kier alpha value is 0.920. The number of rotatable bonds is 8. The number of alkyl halides is 2. The lowest BCUT2D eigenvalue weighted by molar-refractivity contribution is 0.171. The summed E-state index contributed by atoms with van der Waals surface area (Å²) < 4.78 is 5.10. The van der Waals surface area contributed by atoms with Crippen molar-refractivity contribution in [3.63, 3.8) is 0 Å². The highest BCUT2D eigenvalue weighted by atomic mass is 79.9. The highest BCUT2D eigenvalue weighted by Gasteiger charge is 2.28. The molecule has 0 saturated heterocycles. The monoisotopic (exact) mass is 328 g/mol. The van der Waals surface area contributed by atoms with Crippen LogP contribution >= 0.6 is 31.9 Å². The van der Waals surface area contributed by atoms with Crippen molar-refractivity contribution in [3.8, 4) is 0 Å². The van der Waals surface area contributed by atoms with Crippen LogP contribution in [0.15, 0.2) is 0 Å². The van der Waals surface area contributed by atoms with E-state index < -0.39 is 0 Å². The smallest absolute Gasteiger partial charge is 0.0462 e. The van der Waals surface area contributed by atoms with Crippen molar-refractivity contribution in [1.29, 1.82) is 0 Å². The van der Waals surface area contributed by atoms with Gasteiger partial charge in [0.1, 0.15) is 0 Å². The van der Waals surface area contributed by atoms with Gasteiger partial charge in [0.2, 0.25) is 0 Å². The molecular formula is C11H22Br2O. The zero-order valence-corrected chi connectivity index (χ0v) is 12.7. The molecule has 1 nitrogen and oxygen atoms in total. The largest absolute Gasteiger partial charge is 0.385 e. The van der Waals surface area contributed by atoms with E-state index in [-0.39, 0.29) is 0 Å². The molecule has 0 bridgehead atoms. The molecule has 14 heavy (non-hydrogen) atoms. The summed E-state index contributed by atoms with van der Waals surface area (Å²) in [4.78, 5) is 0. The fourth-order valence-electron chi connectivity index (χ4n) is 1.84. The summed E-state index contributed by atoms with van der Waals surface area (Å²) in [5.74, 6) is 0.757. The Balaban J connectivity index is 4.07. The zero-order valence-electron chi connectivity index (χ0n) is 9.48. The van der Waals surface area contributed by atoms with Gasteiger partial charge in [0.25, 0.3) is 0 Å². The molecule has 86 valence electrons. The van der Waals surface area contributed by atoms with Crippen molar-refractivity contribution in [2.45, 2.75) is 33.1 Å². The SMILES string of the molecule is COCCCC(CBr)(CBr)CC(C)C. The molecule has 0 spiro atoms. The molecule has 0 aliphatic rings. The predicted molar refractivity (Wildman–Crippen MR) is 70.6 cm³/mol. The first-order valence-corrected chi connectivity index (χ1v) is 7.45. The molecule has 0 N–H and O–H groups in total. The first kappa shape index (κ1) is 14.9. The maximum atomic E-state index is 5.10. The van der Waals surface area contributed by atoms with Crippen LogP contribution in [0.25, 0.3) is 0 Å². The summed E-state index contributed by atoms with van der Waals surface area (Å²) in [6, 6.07) is 0. The number of hydrogen-bond donors (Lipinski definition) is 0. The molecule has 0 aliphatic heterocycles.